The van der Waals surface area contributed by atoms with Crippen LogP contribution in [0, 0.1) is 0 Å². The van der Waals surface area contributed by atoms with Crippen molar-refractivity contribution < 1.29 is 4.79 Å². The Kier molecular flexibility index (Phi) is 4.86. The molecule has 1 rings (SSSR count). The van der Waals surface area contributed by atoms with Crippen LogP contribution in [0.25, 0.3) is 0 Å². The Labute approximate surface area is 101 Å². The first-order valence-electron chi connectivity index (χ1n) is 5.18. The monoisotopic (exact) mass is 246 g/mol. The van der Waals surface area contributed by atoms with Gasteiger partial charge in [0.2, 0.25) is 5.91 Å². The number of hydrogen-bond acceptors (Lipinski definition) is 3. The highest BCUT2D eigenvalue weighted by Gasteiger charge is 2.33. The summed E-state index contributed by atoms with van der Waals surface area (Å²) in [6.07, 6.45) is 7.21. The van der Waals surface area contributed by atoms with Gasteiger partial charge in [0.05, 0.1) is 11.4 Å². The second kappa shape index (κ2) is 5.70. The highest BCUT2D eigenvalue weighted by Crippen LogP contribution is 2.39. The van der Waals surface area contributed by atoms with Crippen molar-refractivity contribution >= 4 is 34.9 Å². The van der Waals surface area contributed by atoms with Crippen LogP contribution in [0.1, 0.15) is 32.1 Å². The summed E-state index contributed by atoms with van der Waals surface area (Å²) >= 11 is 6.55. The third-order valence-electron chi connectivity index (χ3n) is 2.89. The van der Waals surface area contributed by atoms with Crippen LogP contribution in [-0.2, 0) is 4.79 Å². The summed E-state index contributed by atoms with van der Waals surface area (Å²) in [7, 11) is 0. The third kappa shape index (κ3) is 3.99. The minimum atomic E-state index is -0.0529. The fraction of sp³-hybridized carbons (Fsp3) is 0.800. The standard InChI is InChI=1S/C10H18N2OS2/c1-15-10(4-2-3-5-10)7-12-9(13)6-8(11)14/h2-7H2,1H3,(H2,11,14)(H,12,13). The van der Waals surface area contributed by atoms with E-state index in [0.717, 1.165) is 6.54 Å². The van der Waals surface area contributed by atoms with Gasteiger partial charge in [0, 0.05) is 11.3 Å². The van der Waals surface area contributed by atoms with E-state index in [1.165, 1.54) is 25.7 Å². The van der Waals surface area contributed by atoms with E-state index in [2.05, 4.69) is 23.8 Å². The van der Waals surface area contributed by atoms with Gasteiger partial charge < -0.3 is 11.1 Å². The summed E-state index contributed by atoms with van der Waals surface area (Å²) in [6.45, 7) is 0.746. The molecular formula is C10H18N2OS2. The molecule has 0 aromatic rings. The number of carbonyl (C=O) groups excluding carboxylic acids is 1. The van der Waals surface area contributed by atoms with Gasteiger partial charge in [-0.25, -0.2) is 0 Å². The van der Waals surface area contributed by atoms with E-state index in [9.17, 15) is 4.79 Å². The molecule has 1 fully saturated rings. The Morgan fingerprint density at radius 3 is 2.60 bits per heavy atom. The molecule has 86 valence electrons. The highest BCUT2D eigenvalue weighted by atomic mass is 32.2. The summed E-state index contributed by atoms with van der Waals surface area (Å²) in [5, 5.41) is 2.92. The lowest BCUT2D eigenvalue weighted by molar-refractivity contribution is -0.120. The molecule has 5 heteroatoms. The van der Waals surface area contributed by atoms with Crippen molar-refractivity contribution in [1.82, 2.24) is 5.32 Å². The van der Waals surface area contributed by atoms with Gasteiger partial charge in [0.15, 0.2) is 0 Å². The second-order valence-electron chi connectivity index (χ2n) is 4.01. The van der Waals surface area contributed by atoms with Gasteiger partial charge in [-0.05, 0) is 19.1 Å². The van der Waals surface area contributed by atoms with Crippen LogP contribution in [0.5, 0.6) is 0 Å². The number of hydrogen-bond donors (Lipinski definition) is 2. The molecule has 1 amide bonds. The van der Waals surface area contributed by atoms with Crippen molar-refractivity contribution in [2.75, 3.05) is 12.8 Å². The molecule has 1 aliphatic carbocycles. The fourth-order valence-electron chi connectivity index (χ4n) is 1.95. The molecular weight excluding hydrogens is 228 g/mol. The minimum Gasteiger partial charge on any atom is -0.393 e. The molecule has 0 aromatic heterocycles. The number of thiocarbonyl (C=S) groups is 1. The van der Waals surface area contributed by atoms with Gasteiger partial charge in [0.25, 0.3) is 0 Å². The number of amides is 1. The van der Waals surface area contributed by atoms with Gasteiger partial charge in [-0.15, -0.1) is 0 Å². The zero-order valence-corrected chi connectivity index (χ0v) is 10.7. The number of nitrogens with one attached hydrogen (secondary N) is 1. The van der Waals surface area contributed by atoms with Crippen LogP contribution >= 0.6 is 24.0 Å². The lowest BCUT2D eigenvalue weighted by atomic mass is 10.1. The van der Waals surface area contributed by atoms with E-state index >= 15 is 0 Å². The lowest BCUT2D eigenvalue weighted by Crippen LogP contribution is -2.39. The Bertz CT molecular complexity index is 250. The summed E-state index contributed by atoms with van der Waals surface area (Å²) < 4.78 is 0.256. The minimum absolute atomic E-state index is 0.0529. The number of rotatable bonds is 5. The maximum absolute atomic E-state index is 11.4. The molecule has 3 nitrogen and oxygen atoms in total. The predicted octanol–water partition coefficient (Wildman–Crippen LogP) is 1.45. The summed E-state index contributed by atoms with van der Waals surface area (Å²) in [5.74, 6) is -0.0529. The van der Waals surface area contributed by atoms with Gasteiger partial charge in [-0.3, -0.25) is 4.79 Å². The Hall–Kier alpha value is -0.290. The Morgan fingerprint density at radius 1 is 1.53 bits per heavy atom. The van der Waals surface area contributed by atoms with Crippen LogP contribution in [-0.4, -0.2) is 28.4 Å². The molecule has 0 bridgehead atoms. The second-order valence-corrected chi connectivity index (χ2v) is 5.81. The average Bonchev–Trinajstić information content (AvgIpc) is 2.63. The maximum atomic E-state index is 11.4. The van der Waals surface area contributed by atoms with Crippen molar-refractivity contribution in [3.8, 4) is 0 Å². The molecule has 0 saturated heterocycles. The molecule has 15 heavy (non-hydrogen) atoms. The summed E-state index contributed by atoms with van der Waals surface area (Å²) in [5.41, 5.74) is 5.31. The fourth-order valence-corrected chi connectivity index (χ4v) is 3.00. The van der Waals surface area contributed by atoms with Crippen LogP contribution in [0.4, 0.5) is 0 Å². The molecule has 0 radical (unpaired) electrons. The molecule has 3 N–H and O–H groups in total. The molecule has 0 atom stereocenters. The molecule has 1 aliphatic rings. The summed E-state index contributed by atoms with van der Waals surface area (Å²) in [6, 6.07) is 0. The third-order valence-corrected chi connectivity index (χ3v) is 4.45. The summed E-state index contributed by atoms with van der Waals surface area (Å²) in [4.78, 5) is 11.6. The van der Waals surface area contributed by atoms with Gasteiger partial charge in [-0.2, -0.15) is 11.8 Å². The van der Waals surface area contributed by atoms with E-state index in [-0.39, 0.29) is 22.1 Å². The van der Waals surface area contributed by atoms with Crippen molar-refractivity contribution in [1.29, 1.82) is 0 Å². The molecule has 0 unspecified atom stereocenters. The first-order chi connectivity index (χ1) is 7.08. The van der Waals surface area contributed by atoms with E-state index in [1.54, 1.807) is 0 Å². The molecule has 0 heterocycles. The SMILES string of the molecule is CSC1(CNC(=O)CC(N)=S)CCCC1. The molecule has 1 saturated carbocycles. The topological polar surface area (TPSA) is 55.1 Å². The molecule has 0 spiro atoms. The number of carbonyl (C=O) groups is 1. The average molecular weight is 246 g/mol. The van der Waals surface area contributed by atoms with Crippen molar-refractivity contribution in [3.05, 3.63) is 0 Å². The highest BCUT2D eigenvalue weighted by molar-refractivity contribution is 8.00. The van der Waals surface area contributed by atoms with Gasteiger partial charge in [-0.1, -0.05) is 25.1 Å². The van der Waals surface area contributed by atoms with E-state index in [1.807, 2.05) is 11.8 Å². The van der Waals surface area contributed by atoms with Gasteiger partial charge >= 0.3 is 0 Å². The van der Waals surface area contributed by atoms with E-state index in [4.69, 9.17) is 5.73 Å². The maximum Gasteiger partial charge on any atom is 0.226 e. The quantitative estimate of drug-likeness (QED) is 0.721. The zero-order valence-electron chi connectivity index (χ0n) is 9.04. The molecule has 0 aromatic carbocycles. The van der Waals surface area contributed by atoms with Crippen molar-refractivity contribution in [2.24, 2.45) is 5.73 Å². The van der Waals surface area contributed by atoms with Crippen LogP contribution in [0.3, 0.4) is 0 Å². The lowest BCUT2D eigenvalue weighted by Gasteiger charge is -2.26. The van der Waals surface area contributed by atoms with E-state index in [0.29, 0.717) is 0 Å². The smallest absolute Gasteiger partial charge is 0.226 e. The van der Waals surface area contributed by atoms with Crippen LogP contribution in [0.15, 0.2) is 0 Å². The van der Waals surface area contributed by atoms with Crippen LogP contribution < -0.4 is 11.1 Å². The largest absolute Gasteiger partial charge is 0.393 e. The first-order valence-corrected chi connectivity index (χ1v) is 6.81. The van der Waals surface area contributed by atoms with Crippen molar-refractivity contribution in [3.63, 3.8) is 0 Å². The number of thioether (sulfide) groups is 1. The predicted molar refractivity (Wildman–Crippen MR) is 69.1 cm³/mol. The van der Waals surface area contributed by atoms with Gasteiger partial charge in [0.1, 0.15) is 0 Å². The molecule has 0 aliphatic heterocycles. The Balaban J connectivity index is 2.34. The Morgan fingerprint density at radius 2 is 2.13 bits per heavy atom. The van der Waals surface area contributed by atoms with E-state index < -0.39 is 0 Å². The first kappa shape index (κ1) is 12.8. The van der Waals surface area contributed by atoms with Crippen LogP contribution in [0.2, 0.25) is 0 Å². The normalized spacial score (nSPS) is 18.7. The number of nitrogens with two attached hydrogens (primary N) is 1. The van der Waals surface area contributed by atoms with Crippen molar-refractivity contribution in [2.45, 2.75) is 36.9 Å². The zero-order chi connectivity index (χ0) is 11.3.